The van der Waals surface area contributed by atoms with Crippen molar-refractivity contribution < 1.29 is 4.79 Å². The van der Waals surface area contributed by atoms with Gasteiger partial charge in [0.15, 0.2) is 0 Å². The van der Waals surface area contributed by atoms with Crippen LogP contribution in [0.4, 0.5) is 11.6 Å². The Labute approximate surface area is 130 Å². The fraction of sp³-hybridized carbons (Fsp3) is 0.667. The fourth-order valence-electron chi connectivity index (χ4n) is 3.46. The number of rotatable bonds is 3. The zero-order valence-corrected chi connectivity index (χ0v) is 13.2. The molecule has 1 saturated heterocycles. The van der Waals surface area contributed by atoms with Crippen molar-refractivity contribution in [1.29, 1.82) is 0 Å². The van der Waals surface area contributed by atoms with E-state index >= 15 is 0 Å². The number of amides is 1. The molecule has 1 fully saturated rings. The van der Waals surface area contributed by atoms with Crippen LogP contribution in [0.15, 0.2) is 6.33 Å². The van der Waals surface area contributed by atoms with Crippen molar-refractivity contribution in [2.24, 2.45) is 11.7 Å². The molecule has 0 aliphatic carbocycles. The van der Waals surface area contributed by atoms with Crippen LogP contribution in [-0.4, -0.2) is 60.0 Å². The molecule has 2 unspecified atom stereocenters. The number of piperidine rings is 1. The first-order chi connectivity index (χ1) is 10.6. The van der Waals surface area contributed by atoms with Gasteiger partial charge in [0.1, 0.15) is 18.0 Å². The molecule has 3 heterocycles. The second-order valence-electron chi connectivity index (χ2n) is 6.19. The van der Waals surface area contributed by atoms with Gasteiger partial charge in [-0.05, 0) is 18.8 Å². The van der Waals surface area contributed by atoms with Crippen molar-refractivity contribution in [3.8, 4) is 0 Å². The van der Waals surface area contributed by atoms with E-state index in [1.807, 2.05) is 4.90 Å². The van der Waals surface area contributed by atoms with Crippen molar-refractivity contribution in [2.45, 2.75) is 25.8 Å². The third kappa shape index (κ3) is 2.61. The lowest BCUT2D eigenvalue weighted by molar-refractivity contribution is -0.131. The summed E-state index contributed by atoms with van der Waals surface area (Å²) in [5, 5.41) is 3.29. The number of hydrogen-bond acceptors (Lipinski definition) is 6. The molecule has 2 atom stereocenters. The van der Waals surface area contributed by atoms with Gasteiger partial charge in [-0.15, -0.1) is 0 Å². The number of likely N-dealkylation sites (tertiary alicyclic amines) is 1. The van der Waals surface area contributed by atoms with E-state index in [-0.39, 0.29) is 18.5 Å². The Hall–Kier alpha value is -1.89. The summed E-state index contributed by atoms with van der Waals surface area (Å²) in [4.78, 5) is 24.8. The van der Waals surface area contributed by atoms with E-state index < -0.39 is 0 Å². The Morgan fingerprint density at radius 2 is 2.36 bits per heavy atom. The summed E-state index contributed by atoms with van der Waals surface area (Å²) in [5.74, 6) is 2.45. The number of aromatic nitrogens is 2. The Balaban J connectivity index is 1.83. The lowest BCUT2D eigenvalue weighted by atomic mass is 9.92. The molecule has 0 spiro atoms. The van der Waals surface area contributed by atoms with E-state index in [9.17, 15) is 4.79 Å². The molecular weight excluding hydrogens is 280 g/mol. The number of nitrogens with zero attached hydrogens (tertiary/aromatic N) is 4. The first-order valence-electron chi connectivity index (χ1n) is 7.90. The van der Waals surface area contributed by atoms with Gasteiger partial charge in [0.2, 0.25) is 5.91 Å². The first-order valence-corrected chi connectivity index (χ1v) is 7.90. The van der Waals surface area contributed by atoms with Crippen LogP contribution >= 0.6 is 0 Å². The van der Waals surface area contributed by atoms with Crippen molar-refractivity contribution in [3.63, 3.8) is 0 Å². The number of likely N-dealkylation sites (N-methyl/N-ethyl adjacent to an activating group) is 1. The van der Waals surface area contributed by atoms with Crippen molar-refractivity contribution in [2.75, 3.05) is 43.4 Å². The molecule has 7 heteroatoms. The summed E-state index contributed by atoms with van der Waals surface area (Å²) in [6, 6.07) is 0.254. The molecule has 0 aromatic carbocycles. The van der Waals surface area contributed by atoms with Crippen LogP contribution in [0.5, 0.6) is 0 Å². The highest BCUT2D eigenvalue weighted by Crippen LogP contribution is 2.31. The Kier molecular flexibility index (Phi) is 4.15. The first kappa shape index (κ1) is 15.0. The lowest BCUT2D eigenvalue weighted by Crippen LogP contribution is -2.54. The quantitative estimate of drug-likeness (QED) is 0.822. The summed E-state index contributed by atoms with van der Waals surface area (Å²) in [6.07, 6.45) is 3.55. The van der Waals surface area contributed by atoms with Crippen LogP contribution < -0.4 is 16.0 Å². The second kappa shape index (κ2) is 6.08. The van der Waals surface area contributed by atoms with Gasteiger partial charge in [0.25, 0.3) is 0 Å². The highest BCUT2D eigenvalue weighted by molar-refractivity contribution is 5.78. The molecule has 3 rings (SSSR count). The third-order valence-electron chi connectivity index (χ3n) is 4.87. The molecule has 1 aromatic heterocycles. The standard InChI is InChI=1S/C15H24N6O/c1-10-4-6-21(13(22)7-16)8-12(10)20(2)15-11-3-5-17-14(11)18-9-19-15/h9-10,12H,3-8,16H2,1-2H3,(H,17,18,19). The monoisotopic (exact) mass is 304 g/mol. The third-order valence-corrected chi connectivity index (χ3v) is 4.87. The SMILES string of the molecule is CC1CCN(C(=O)CN)CC1N(C)c1ncnc2c1CCN2. The van der Waals surface area contributed by atoms with Crippen molar-refractivity contribution >= 4 is 17.5 Å². The van der Waals surface area contributed by atoms with Gasteiger partial charge in [0, 0.05) is 32.2 Å². The minimum atomic E-state index is 0.0277. The molecule has 22 heavy (non-hydrogen) atoms. The maximum absolute atomic E-state index is 11.9. The van der Waals surface area contributed by atoms with Gasteiger partial charge in [-0.2, -0.15) is 0 Å². The summed E-state index contributed by atoms with van der Waals surface area (Å²) >= 11 is 0. The van der Waals surface area contributed by atoms with E-state index in [0.29, 0.717) is 12.5 Å². The summed E-state index contributed by atoms with van der Waals surface area (Å²) in [5.41, 5.74) is 6.69. The molecule has 1 aromatic rings. The van der Waals surface area contributed by atoms with Gasteiger partial charge in [-0.25, -0.2) is 9.97 Å². The maximum Gasteiger partial charge on any atom is 0.236 e. The Bertz CT molecular complexity index is 563. The average molecular weight is 304 g/mol. The zero-order valence-electron chi connectivity index (χ0n) is 13.2. The van der Waals surface area contributed by atoms with Gasteiger partial charge in [-0.3, -0.25) is 4.79 Å². The molecule has 2 aliphatic rings. The molecule has 7 nitrogen and oxygen atoms in total. The summed E-state index contributed by atoms with van der Waals surface area (Å²) in [6.45, 7) is 4.74. The molecule has 0 saturated carbocycles. The molecule has 3 N–H and O–H groups in total. The maximum atomic E-state index is 11.9. The number of hydrogen-bond donors (Lipinski definition) is 2. The minimum absolute atomic E-state index is 0.0277. The van der Waals surface area contributed by atoms with Crippen LogP contribution in [0.2, 0.25) is 0 Å². The highest BCUT2D eigenvalue weighted by Gasteiger charge is 2.33. The predicted molar refractivity (Wildman–Crippen MR) is 85.8 cm³/mol. The smallest absolute Gasteiger partial charge is 0.236 e. The molecule has 2 aliphatic heterocycles. The summed E-state index contributed by atoms with van der Waals surface area (Å²) < 4.78 is 0. The summed E-state index contributed by atoms with van der Waals surface area (Å²) in [7, 11) is 2.07. The number of nitrogens with one attached hydrogen (secondary N) is 1. The normalized spacial score (nSPS) is 23.9. The Morgan fingerprint density at radius 1 is 1.55 bits per heavy atom. The molecular formula is C15H24N6O. The number of carbonyl (C=O) groups is 1. The lowest BCUT2D eigenvalue weighted by Gasteiger charge is -2.42. The number of nitrogens with two attached hydrogens (primary N) is 1. The number of carbonyl (C=O) groups excluding carboxylic acids is 1. The highest BCUT2D eigenvalue weighted by atomic mass is 16.2. The van der Waals surface area contributed by atoms with Gasteiger partial charge in [0.05, 0.1) is 12.6 Å². The van der Waals surface area contributed by atoms with Crippen LogP contribution in [0.3, 0.4) is 0 Å². The van der Waals surface area contributed by atoms with E-state index in [2.05, 4.69) is 34.2 Å². The number of fused-ring (bicyclic) bond motifs is 1. The topological polar surface area (TPSA) is 87.4 Å². The van der Waals surface area contributed by atoms with Gasteiger partial charge < -0.3 is 20.9 Å². The van der Waals surface area contributed by atoms with Crippen LogP contribution in [-0.2, 0) is 11.2 Å². The van der Waals surface area contributed by atoms with Crippen molar-refractivity contribution in [3.05, 3.63) is 11.9 Å². The zero-order chi connectivity index (χ0) is 15.7. The van der Waals surface area contributed by atoms with Gasteiger partial charge >= 0.3 is 0 Å². The van der Waals surface area contributed by atoms with Crippen LogP contribution in [0.25, 0.3) is 0 Å². The molecule has 0 bridgehead atoms. The van der Waals surface area contributed by atoms with Gasteiger partial charge in [-0.1, -0.05) is 6.92 Å². The largest absolute Gasteiger partial charge is 0.369 e. The fourth-order valence-corrected chi connectivity index (χ4v) is 3.46. The van der Waals surface area contributed by atoms with Crippen LogP contribution in [0.1, 0.15) is 18.9 Å². The molecule has 0 radical (unpaired) electrons. The van der Waals surface area contributed by atoms with Crippen molar-refractivity contribution in [1.82, 2.24) is 14.9 Å². The minimum Gasteiger partial charge on any atom is -0.369 e. The molecule has 120 valence electrons. The van der Waals surface area contributed by atoms with E-state index in [0.717, 1.165) is 37.6 Å². The number of anilines is 2. The van der Waals surface area contributed by atoms with E-state index in [1.54, 1.807) is 6.33 Å². The van der Waals surface area contributed by atoms with E-state index in [4.69, 9.17) is 5.73 Å². The predicted octanol–water partition coefficient (Wildman–Crippen LogP) is 0.0765. The van der Waals surface area contributed by atoms with Crippen LogP contribution in [0, 0.1) is 5.92 Å². The Morgan fingerprint density at radius 3 is 3.14 bits per heavy atom. The average Bonchev–Trinajstić information content (AvgIpc) is 3.02. The second-order valence-corrected chi connectivity index (χ2v) is 6.19. The van der Waals surface area contributed by atoms with E-state index in [1.165, 1.54) is 5.56 Å². The molecule has 1 amide bonds.